The van der Waals surface area contributed by atoms with Gasteiger partial charge in [-0.3, -0.25) is 14.5 Å². The lowest BCUT2D eigenvalue weighted by atomic mass is 10.1. The number of piperazine rings is 2. The number of aromatic nitrogens is 2. The molecule has 0 radical (unpaired) electrons. The van der Waals surface area contributed by atoms with E-state index in [0.717, 1.165) is 86.5 Å². The minimum absolute atomic E-state index is 0.0983. The van der Waals surface area contributed by atoms with Crippen LogP contribution in [0.5, 0.6) is 0 Å². The van der Waals surface area contributed by atoms with Crippen molar-refractivity contribution in [3.8, 4) is 0 Å². The molecule has 0 saturated carbocycles. The number of likely N-dealkylation sites (N-methyl/N-ethyl adjacent to an activating group) is 1. The minimum Gasteiger partial charge on any atom is -0.369 e. The van der Waals surface area contributed by atoms with Crippen molar-refractivity contribution in [2.45, 2.75) is 13.0 Å². The van der Waals surface area contributed by atoms with Gasteiger partial charge in [0.25, 0.3) is 5.91 Å². The van der Waals surface area contributed by atoms with Crippen LogP contribution in [0.2, 0.25) is 0 Å². The molecule has 0 unspecified atom stereocenters. The zero-order chi connectivity index (χ0) is 30.3. The first kappa shape index (κ1) is 29.7. The quantitative estimate of drug-likeness (QED) is 0.293. The summed E-state index contributed by atoms with van der Waals surface area (Å²) in [6, 6.07) is 25.7. The van der Waals surface area contributed by atoms with Crippen molar-refractivity contribution in [3.63, 3.8) is 0 Å². The van der Waals surface area contributed by atoms with Crippen molar-refractivity contribution in [3.05, 3.63) is 95.6 Å². The highest BCUT2D eigenvalue weighted by Gasteiger charge is 2.21. The second-order valence-corrected chi connectivity index (χ2v) is 12.3. The molecule has 10 nitrogen and oxygen atoms in total. The van der Waals surface area contributed by atoms with E-state index in [4.69, 9.17) is 0 Å². The van der Waals surface area contributed by atoms with Crippen molar-refractivity contribution in [1.82, 2.24) is 20.0 Å². The van der Waals surface area contributed by atoms with Crippen LogP contribution in [0.1, 0.15) is 21.5 Å². The summed E-state index contributed by atoms with van der Waals surface area (Å²) in [7, 11) is 2.15. The Balaban J connectivity index is 0.983. The highest BCUT2D eigenvalue weighted by Crippen LogP contribution is 2.26. The number of amides is 2. The largest absolute Gasteiger partial charge is 0.369 e. The van der Waals surface area contributed by atoms with Gasteiger partial charge in [0.1, 0.15) is 0 Å². The van der Waals surface area contributed by atoms with Crippen LogP contribution in [-0.4, -0.2) is 91.2 Å². The van der Waals surface area contributed by atoms with E-state index >= 15 is 0 Å². The third-order valence-electron chi connectivity index (χ3n) is 8.08. The topological polar surface area (TPSA) is 96.9 Å². The summed E-state index contributed by atoms with van der Waals surface area (Å²) in [5.41, 5.74) is 4.67. The van der Waals surface area contributed by atoms with Gasteiger partial charge in [-0.1, -0.05) is 59.9 Å². The van der Waals surface area contributed by atoms with E-state index in [0.29, 0.717) is 17.1 Å². The van der Waals surface area contributed by atoms with Crippen molar-refractivity contribution in [1.29, 1.82) is 0 Å². The Morgan fingerprint density at radius 2 is 1.48 bits per heavy atom. The van der Waals surface area contributed by atoms with E-state index < -0.39 is 0 Å². The van der Waals surface area contributed by atoms with E-state index in [2.05, 4.69) is 65.7 Å². The zero-order valence-corrected chi connectivity index (χ0v) is 25.8. The Labute approximate surface area is 262 Å². The number of benzene rings is 3. The first-order valence-corrected chi connectivity index (χ1v) is 15.9. The van der Waals surface area contributed by atoms with Crippen LogP contribution >= 0.6 is 11.3 Å². The molecule has 4 aromatic rings. The lowest BCUT2D eigenvalue weighted by molar-refractivity contribution is -0.115. The van der Waals surface area contributed by atoms with Crippen molar-refractivity contribution in [2.24, 2.45) is 0 Å². The molecule has 2 N–H and O–H groups in total. The SMILES string of the molecule is CN1CCN(c2cccc(NC(=O)c3cccc(CN4CCN(c5nnc(NC(=O)Cc6ccccc6)s5)CC4)c3)c2)CC1. The third kappa shape index (κ3) is 7.79. The molecular formula is C33H38N8O2S. The number of hydrogen-bond acceptors (Lipinski definition) is 9. The number of nitrogens with zero attached hydrogens (tertiary/aromatic N) is 6. The molecule has 3 aromatic carbocycles. The minimum atomic E-state index is -0.102. The number of carbonyl (C=O) groups is 2. The zero-order valence-electron chi connectivity index (χ0n) is 25.0. The predicted molar refractivity (Wildman–Crippen MR) is 177 cm³/mol. The molecule has 228 valence electrons. The third-order valence-corrected chi connectivity index (χ3v) is 8.98. The first-order valence-electron chi connectivity index (χ1n) is 15.1. The Morgan fingerprint density at radius 1 is 0.750 bits per heavy atom. The molecule has 3 heterocycles. The van der Waals surface area contributed by atoms with Gasteiger partial charge in [-0.15, -0.1) is 10.2 Å². The van der Waals surface area contributed by atoms with Crippen LogP contribution in [-0.2, 0) is 17.8 Å². The number of nitrogens with one attached hydrogen (secondary N) is 2. The van der Waals surface area contributed by atoms with Crippen LogP contribution < -0.4 is 20.4 Å². The van der Waals surface area contributed by atoms with E-state index in [1.807, 2.05) is 60.7 Å². The van der Waals surface area contributed by atoms with Gasteiger partial charge in [0.05, 0.1) is 6.42 Å². The fourth-order valence-corrected chi connectivity index (χ4v) is 6.37. The summed E-state index contributed by atoms with van der Waals surface area (Å²) in [6.07, 6.45) is 0.307. The molecule has 11 heteroatoms. The second-order valence-electron chi connectivity index (χ2n) is 11.4. The normalized spacial score (nSPS) is 16.1. The smallest absolute Gasteiger partial charge is 0.255 e. The maximum atomic E-state index is 13.2. The van der Waals surface area contributed by atoms with Crippen LogP contribution in [0, 0.1) is 0 Å². The monoisotopic (exact) mass is 610 g/mol. The molecule has 6 rings (SSSR count). The first-order chi connectivity index (χ1) is 21.5. The highest BCUT2D eigenvalue weighted by molar-refractivity contribution is 7.19. The average molecular weight is 611 g/mol. The van der Waals surface area contributed by atoms with Gasteiger partial charge in [0.15, 0.2) is 0 Å². The average Bonchev–Trinajstić information content (AvgIpc) is 3.51. The van der Waals surface area contributed by atoms with Gasteiger partial charge in [-0.05, 0) is 48.5 Å². The summed E-state index contributed by atoms with van der Waals surface area (Å²) in [4.78, 5) is 34.9. The lowest BCUT2D eigenvalue weighted by Gasteiger charge is -2.34. The van der Waals surface area contributed by atoms with Gasteiger partial charge >= 0.3 is 0 Å². The number of anilines is 4. The van der Waals surface area contributed by atoms with Crippen LogP contribution in [0.15, 0.2) is 78.9 Å². The maximum absolute atomic E-state index is 13.2. The van der Waals surface area contributed by atoms with Crippen LogP contribution in [0.4, 0.5) is 21.6 Å². The second kappa shape index (κ2) is 14.0. The molecule has 2 aliphatic rings. The molecule has 1 aromatic heterocycles. The fraction of sp³-hybridized carbons (Fsp3) is 0.333. The van der Waals surface area contributed by atoms with Crippen molar-refractivity contribution < 1.29 is 9.59 Å². The fourth-order valence-electron chi connectivity index (χ4n) is 5.55. The Kier molecular flexibility index (Phi) is 9.45. The van der Waals surface area contributed by atoms with Crippen LogP contribution in [0.25, 0.3) is 0 Å². The summed E-state index contributed by atoms with van der Waals surface area (Å²) < 4.78 is 0. The van der Waals surface area contributed by atoms with Crippen molar-refractivity contribution >= 4 is 44.8 Å². The highest BCUT2D eigenvalue weighted by atomic mass is 32.1. The molecular weight excluding hydrogens is 572 g/mol. The predicted octanol–water partition coefficient (Wildman–Crippen LogP) is 4.05. The van der Waals surface area contributed by atoms with Gasteiger partial charge in [0, 0.05) is 75.8 Å². The van der Waals surface area contributed by atoms with Gasteiger partial charge < -0.3 is 25.3 Å². The summed E-state index contributed by atoms with van der Waals surface area (Å²) >= 11 is 1.40. The number of hydrogen-bond donors (Lipinski definition) is 2. The summed E-state index contributed by atoms with van der Waals surface area (Å²) in [5.74, 6) is -0.200. The Morgan fingerprint density at radius 3 is 2.27 bits per heavy atom. The van der Waals surface area contributed by atoms with Gasteiger partial charge in [0.2, 0.25) is 16.2 Å². The van der Waals surface area contributed by atoms with Gasteiger partial charge in [-0.25, -0.2) is 0 Å². The van der Waals surface area contributed by atoms with E-state index in [1.165, 1.54) is 11.3 Å². The summed E-state index contributed by atoms with van der Waals surface area (Å²) in [5, 5.41) is 15.8. The summed E-state index contributed by atoms with van der Waals surface area (Å²) in [6.45, 7) is 8.18. The molecule has 0 bridgehead atoms. The van der Waals surface area contributed by atoms with Crippen LogP contribution in [0.3, 0.4) is 0 Å². The van der Waals surface area contributed by atoms with Gasteiger partial charge in [-0.2, -0.15) is 0 Å². The van der Waals surface area contributed by atoms with Crippen molar-refractivity contribution in [2.75, 3.05) is 79.8 Å². The van der Waals surface area contributed by atoms with E-state index in [9.17, 15) is 9.59 Å². The molecule has 2 amide bonds. The molecule has 2 fully saturated rings. The molecule has 0 aliphatic carbocycles. The molecule has 0 spiro atoms. The number of carbonyl (C=O) groups excluding carboxylic acids is 2. The number of rotatable bonds is 9. The molecule has 2 aliphatic heterocycles. The molecule has 0 atom stereocenters. The molecule has 2 saturated heterocycles. The maximum Gasteiger partial charge on any atom is 0.255 e. The van der Waals surface area contributed by atoms with E-state index in [-0.39, 0.29) is 11.8 Å². The molecule has 44 heavy (non-hydrogen) atoms. The van der Waals surface area contributed by atoms with E-state index in [1.54, 1.807) is 0 Å². The Hall–Kier alpha value is -4.32. The Bertz CT molecular complexity index is 1560. The lowest BCUT2D eigenvalue weighted by Crippen LogP contribution is -2.46. The standard InChI is InChI=1S/C33H38N8O2S/c1-38-13-17-40(18-14-38)29-12-6-11-28(23-29)34-31(43)27-10-5-9-26(21-27)24-39-15-19-41(20-16-39)33-37-36-32(44-33)35-30(42)22-25-7-3-2-4-8-25/h2-12,21,23H,13-20,22,24H2,1H3,(H,34,43)(H,35,36,42).